The summed E-state index contributed by atoms with van der Waals surface area (Å²) >= 11 is 5.82. The molecule has 0 spiro atoms. The highest BCUT2D eigenvalue weighted by Crippen LogP contribution is 2.24. The molecule has 0 aromatic heterocycles. The molecule has 1 amide bonds. The average molecular weight is 228 g/mol. The Hall–Kier alpha value is -1.55. The van der Waals surface area contributed by atoms with E-state index in [9.17, 15) is 9.59 Å². The van der Waals surface area contributed by atoms with E-state index in [0.717, 1.165) is 0 Å². The molecular formula is C10H10ClNO3. The average Bonchev–Trinajstić information content (AvgIpc) is 2.26. The fraction of sp³-hybridized carbons (Fsp3) is 0.200. The Morgan fingerprint density at radius 1 is 1.60 bits per heavy atom. The highest BCUT2D eigenvalue weighted by molar-refractivity contribution is 6.32. The molecule has 0 heterocycles. The number of likely N-dealkylation sites (N-methyl/N-ethyl adjacent to an activating group) is 1. The normalized spacial score (nSPS) is 9.47. The zero-order chi connectivity index (χ0) is 11.3. The fourth-order valence-electron chi connectivity index (χ4n) is 0.923. The lowest BCUT2D eigenvalue weighted by Gasteiger charge is -2.06. The number of carbonyl (C=O) groups excluding carboxylic acids is 2. The Bertz CT molecular complexity index is 379. The van der Waals surface area contributed by atoms with E-state index in [2.05, 4.69) is 5.32 Å². The molecule has 5 heteroatoms. The summed E-state index contributed by atoms with van der Waals surface area (Å²) in [6, 6.07) is 4.60. The summed E-state index contributed by atoms with van der Waals surface area (Å²) in [5, 5.41) is 2.72. The Morgan fingerprint density at radius 3 is 2.87 bits per heavy atom. The van der Waals surface area contributed by atoms with Gasteiger partial charge in [0.2, 0.25) is 0 Å². The maximum atomic E-state index is 10.9. The second kappa shape index (κ2) is 5.36. The summed E-state index contributed by atoms with van der Waals surface area (Å²) in [5.41, 5.74) is 0.465. The van der Waals surface area contributed by atoms with Gasteiger partial charge >= 0.3 is 0 Å². The molecule has 0 aliphatic rings. The number of hydrogen-bond donors (Lipinski definition) is 1. The molecule has 0 atom stereocenters. The zero-order valence-electron chi connectivity index (χ0n) is 8.12. The Balaban J connectivity index is 2.70. The van der Waals surface area contributed by atoms with Crippen LogP contribution in [0.3, 0.4) is 0 Å². The number of hydrogen-bond acceptors (Lipinski definition) is 3. The molecular weight excluding hydrogens is 218 g/mol. The van der Waals surface area contributed by atoms with Crippen molar-refractivity contribution in [2.45, 2.75) is 0 Å². The molecule has 0 radical (unpaired) electrons. The van der Waals surface area contributed by atoms with Crippen LogP contribution in [-0.4, -0.2) is 25.8 Å². The Labute approximate surface area is 92.2 Å². The van der Waals surface area contributed by atoms with Crippen molar-refractivity contribution in [1.82, 2.24) is 5.32 Å². The minimum atomic E-state index is -0.245. The van der Waals surface area contributed by atoms with Gasteiger partial charge in [-0.25, -0.2) is 0 Å². The van der Waals surface area contributed by atoms with Crippen molar-refractivity contribution in [1.29, 1.82) is 0 Å². The van der Waals surface area contributed by atoms with Gasteiger partial charge in [-0.3, -0.25) is 9.59 Å². The number of aldehydes is 1. The molecule has 1 N–H and O–H groups in total. The number of nitrogens with one attached hydrogen (secondary N) is 1. The lowest BCUT2D eigenvalue weighted by molar-refractivity contribution is -0.122. The van der Waals surface area contributed by atoms with Crippen LogP contribution >= 0.6 is 11.6 Å². The Kier molecular flexibility index (Phi) is 4.12. The van der Waals surface area contributed by atoms with Gasteiger partial charge in [0.15, 0.2) is 6.61 Å². The number of benzene rings is 1. The quantitative estimate of drug-likeness (QED) is 0.789. The minimum Gasteiger partial charge on any atom is -0.482 e. The Morgan fingerprint density at radius 2 is 2.33 bits per heavy atom. The SMILES string of the molecule is CNC(=O)COc1ccc(C=O)cc1Cl. The molecule has 1 aromatic rings. The minimum absolute atomic E-state index is 0.101. The van der Waals surface area contributed by atoms with E-state index < -0.39 is 0 Å². The maximum absolute atomic E-state index is 10.9. The molecule has 80 valence electrons. The van der Waals surface area contributed by atoms with Crippen LogP contribution < -0.4 is 10.1 Å². The fourth-order valence-corrected chi connectivity index (χ4v) is 1.17. The third-order valence-corrected chi connectivity index (χ3v) is 2.02. The highest BCUT2D eigenvalue weighted by atomic mass is 35.5. The van der Waals surface area contributed by atoms with Crippen molar-refractivity contribution in [2.24, 2.45) is 0 Å². The van der Waals surface area contributed by atoms with Crippen molar-refractivity contribution >= 4 is 23.8 Å². The van der Waals surface area contributed by atoms with Gasteiger partial charge in [-0.2, -0.15) is 0 Å². The van der Waals surface area contributed by atoms with Gasteiger partial charge in [0, 0.05) is 12.6 Å². The van der Waals surface area contributed by atoms with E-state index in [4.69, 9.17) is 16.3 Å². The molecule has 0 aliphatic heterocycles. The van der Waals surface area contributed by atoms with E-state index in [1.165, 1.54) is 13.1 Å². The van der Waals surface area contributed by atoms with E-state index in [-0.39, 0.29) is 12.5 Å². The molecule has 0 saturated carbocycles. The van der Waals surface area contributed by atoms with Crippen LogP contribution in [0.5, 0.6) is 5.75 Å². The van der Waals surface area contributed by atoms with E-state index in [0.29, 0.717) is 22.6 Å². The summed E-state index contributed by atoms with van der Waals surface area (Å²) in [4.78, 5) is 21.3. The van der Waals surface area contributed by atoms with Crippen LogP contribution in [0.4, 0.5) is 0 Å². The van der Waals surface area contributed by atoms with Crippen LogP contribution in [0.25, 0.3) is 0 Å². The van der Waals surface area contributed by atoms with Gasteiger partial charge in [-0.15, -0.1) is 0 Å². The third kappa shape index (κ3) is 3.25. The van der Waals surface area contributed by atoms with Crippen molar-refractivity contribution in [2.75, 3.05) is 13.7 Å². The van der Waals surface area contributed by atoms with Gasteiger partial charge in [-0.05, 0) is 18.2 Å². The predicted molar refractivity (Wildman–Crippen MR) is 56.4 cm³/mol. The maximum Gasteiger partial charge on any atom is 0.257 e. The number of amides is 1. The molecule has 4 nitrogen and oxygen atoms in total. The van der Waals surface area contributed by atoms with Gasteiger partial charge in [0.05, 0.1) is 5.02 Å². The van der Waals surface area contributed by atoms with Crippen LogP contribution in [0.15, 0.2) is 18.2 Å². The summed E-state index contributed by atoms with van der Waals surface area (Å²) in [5.74, 6) is 0.136. The second-order valence-corrected chi connectivity index (χ2v) is 3.18. The molecule has 0 aliphatic carbocycles. The lowest BCUT2D eigenvalue weighted by atomic mass is 10.2. The summed E-state index contributed by atoms with van der Waals surface area (Å²) < 4.78 is 5.13. The van der Waals surface area contributed by atoms with Gasteiger partial charge < -0.3 is 10.1 Å². The first-order valence-electron chi connectivity index (χ1n) is 4.25. The van der Waals surface area contributed by atoms with Crippen molar-refractivity contribution in [3.63, 3.8) is 0 Å². The predicted octanol–water partition coefficient (Wildman–Crippen LogP) is 1.28. The number of ether oxygens (including phenoxy) is 1. The first kappa shape index (κ1) is 11.5. The highest BCUT2D eigenvalue weighted by Gasteiger charge is 2.04. The zero-order valence-corrected chi connectivity index (χ0v) is 8.88. The largest absolute Gasteiger partial charge is 0.482 e. The second-order valence-electron chi connectivity index (χ2n) is 2.77. The van der Waals surface area contributed by atoms with Gasteiger partial charge in [0.1, 0.15) is 12.0 Å². The number of halogens is 1. The number of carbonyl (C=O) groups is 2. The lowest BCUT2D eigenvalue weighted by Crippen LogP contribution is -2.24. The molecule has 1 aromatic carbocycles. The molecule has 0 unspecified atom stereocenters. The van der Waals surface area contributed by atoms with Gasteiger partial charge in [0.25, 0.3) is 5.91 Å². The standard InChI is InChI=1S/C10H10ClNO3/c1-12-10(14)6-15-9-3-2-7(5-13)4-8(9)11/h2-5H,6H2,1H3,(H,12,14). The summed E-state index contributed by atoms with van der Waals surface area (Å²) in [7, 11) is 1.52. The van der Waals surface area contributed by atoms with Gasteiger partial charge in [-0.1, -0.05) is 11.6 Å². The molecule has 0 bridgehead atoms. The van der Waals surface area contributed by atoms with Crippen molar-refractivity contribution < 1.29 is 14.3 Å². The van der Waals surface area contributed by atoms with E-state index >= 15 is 0 Å². The van der Waals surface area contributed by atoms with Crippen LogP contribution in [0, 0.1) is 0 Å². The topological polar surface area (TPSA) is 55.4 Å². The first-order chi connectivity index (χ1) is 7.17. The van der Waals surface area contributed by atoms with E-state index in [1.807, 2.05) is 0 Å². The first-order valence-corrected chi connectivity index (χ1v) is 4.63. The van der Waals surface area contributed by atoms with Crippen molar-refractivity contribution in [3.8, 4) is 5.75 Å². The molecule has 1 rings (SSSR count). The van der Waals surface area contributed by atoms with Crippen LogP contribution in [0.1, 0.15) is 10.4 Å². The summed E-state index contributed by atoms with van der Waals surface area (Å²) in [6.07, 6.45) is 0.689. The van der Waals surface area contributed by atoms with Crippen LogP contribution in [0.2, 0.25) is 5.02 Å². The molecule has 0 saturated heterocycles. The third-order valence-electron chi connectivity index (χ3n) is 1.73. The molecule has 0 fully saturated rings. The summed E-state index contributed by atoms with van der Waals surface area (Å²) in [6.45, 7) is -0.101. The van der Waals surface area contributed by atoms with Crippen molar-refractivity contribution in [3.05, 3.63) is 28.8 Å². The smallest absolute Gasteiger partial charge is 0.257 e. The molecule has 15 heavy (non-hydrogen) atoms. The van der Waals surface area contributed by atoms with Crippen LogP contribution in [-0.2, 0) is 4.79 Å². The number of rotatable bonds is 4. The van der Waals surface area contributed by atoms with E-state index in [1.54, 1.807) is 12.1 Å². The monoisotopic (exact) mass is 227 g/mol.